The highest BCUT2D eigenvalue weighted by molar-refractivity contribution is 7.89. The summed E-state index contributed by atoms with van der Waals surface area (Å²) in [4.78, 5) is 4.52. The van der Waals surface area contributed by atoms with Crippen molar-refractivity contribution < 1.29 is 12.8 Å². The molecule has 1 saturated carbocycles. The first-order valence-corrected chi connectivity index (χ1v) is 8.35. The summed E-state index contributed by atoms with van der Waals surface area (Å²) in [6, 6.07) is 5.21. The van der Waals surface area contributed by atoms with Crippen LogP contribution in [0.5, 0.6) is 0 Å². The van der Waals surface area contributed by atoms with Crippen LogP contribution in [0.25, 0.3) is 11.5 Å². The van der Waals surface area contributed by atoms with Crippen LogP contribution in [0.15, 0.2) is 33.8 Å². The molecule has 1 heterocycles. The minimum atomic E-state index is -3.53. The van der Waals surface area contributed by atoms with Crippen LogP contribution in [-0.2, 0) is 10.0 Å². The van der Waals surface area contributed by atoms with Crippen molar-refractivity contribution in [3.05, 3.63) is 35.7 Å². The number of oxazole rings is 1. The topological polar surface area (TPSA) is 72.2 Å². The number of benzene rings is 1. The molecule has 5 nitrogen and oxygen atoms in total. The fraction of sp³-hybridized carbons (Fsp3) is 0.400. The molecular formula is C15H18N2O3S. The Morgan fingerprint density at radius 3 is 2.57 bits per heavy atom. The maximum Gasteiger partial charge on any atom is 0.241 e. The number of hydrogen-bond acceptors (Lipinski definition) is 4. The largest absolute Gasteiger partial charge is 0.444 e. The van der Waals surface area contributed by atoms with Crippen molar-refractivity contribution >= 4 is 10.0 Å². The molecule has 1 aliphatic carbocycles. The molecule has 0 saturated heterocycles. The summed E-state index contributed by atoms with van der Waals surface area (Å²) in [5.74, 6) is 0.432. The van der Waals surface area contributed by atoms with E-state index in [1.165, 1.54) is 0 Å². The van der Waals surface area contributed by atoms with Gasteiger partial charge in [0.25, 0.3) is 0 Å². The smallest absolute Gasteiger partial charge is 0.241 e. The van der Waals surface area contributed by atoms with Crippen molar-refractivity contribution in [1.82, 2.24) is 9.71 Å². The molecular weight excluding hydrogens is 288 g/mol. The Morgan fingerprint density at radius 2 is 2.00 bits per heavy atom. The van der Waals surface area contributed by atoms with Gasteiger partial charge >= 0.3 is 0 Å². The van der Waals surface area contributed by atoms with Crippen molar-refractivity contribution in [1.29, 1.82) is 0 Å². The van der Waals surface area contributed by atoms with Crippen LogP contribution in [0.4, 0.5) is 0 Å². The van der Waals surface area contributed by atoms with E-state index in [0.29, 0.717) is 17.0 Å². The summed E-state index contributed by atoms with van der Waals surface area (Å²) in [6.07, 6.45) is 3.31. The van der Waals surface area contributed by atoms with E-state index in [2.05, 4.69) is 9.71 Å². The number of sulfonamides is 1. The SMILES string of the molecule is Cc1coc(-c2ccc(C)c(S(=O)(=O)NC3(C)CC3)c2)n1. The third-order valence-corrected chi connectivity index (χ3v) is 5.50. The second-order valence-corrected chi connectivity index (χ2v) is 7.59. The number of nitrogens with one attached hydrogen (secondary N) is 1. The van der Waals surface area contributed by atoms with Gasteiger partial charge in [0, 0.05) is 11.1 Å². The van der Waals surface area contributed by atoms with Gasteiger partial charge in [0.2, 0.25) is 15.9 Å². The average Bonchev–Trinajstić information content (AvgIpc) is 2.94. The molecule has 21 heavy (non-hydrogen) atoms. The molecule has 0 aliphatic heterocycles. The number of nitrogens with zero attached hydrogens (tertiary/aromatic N) is 1. The molecule has 1 aromatic carbocycles. The Balaban J connectivity index is 2.02. The molecule has 0 atom stereocenters. The van der Waals surface area contributed by atoms with Crippen LogP contribution < -0.4 is 4.72 Å². The van der Waals surface area contributed by atoms with Crippen molar-refractivity contribution in [2.24, 2.45) is 0 Å². The zero-order chi connectivity index (χ0) is 15.3. The Morgan fingerprint density at radius 1 is 1.29 bits per heavy atom. The fourth-order valence-electron chi connectivity index (χ4n) is 2.18. The summed E-state index contributed by atoms with van der Waals surface area (Å²) >= 11 is 0. The van der Waals surface area contributed by atoms with E-state index in [9.17, 15) is 8.42 Å². The summed E-state index contributed by atoms with van der Waals surface area (Å²) < 4.78 is 33.2. The summed E-state index contributed by atoms with van der Waals surface area (Å²) in [7, 11) is -3.53. The molecule has 0 bridgehead atoms. The van der Waals surface area contributed by atoms with Crippen LogP contribution in [0, 0.1) is 13.8 Å². The third-order valence-electron chi connectivity index (χ3n) is 3.72. The van der Waals surface area contributed by atoms with Gasteiger partial charge in [-0.1, -0.05) is 6.07 Å². The highest BCUT2D eigenvalue weighted by Crippen LogP contribution is 2.36. The predicted molar refractivity (Wildman–Crippen MR) is 79.4 cm³/mol. The van der Waals surface area contributed by atoms with E-state index < -0.39 is 10.0 Å². The predicted octanol–water partition coefficient (Wildman–Crippen LogP) is 2.79. The van der Waals surface area contributed by atoms with Gasteiger partial charge in [-0.05, 0) is 51.3 Å². The lowest BCUT2D eigenvalue weighted by atomic mass is 10.1. The van der Waals surface area contributed by atoms with Gasteiger partial charge in [-0.15, -0.1) is 0 Å². The van der Waals surface area contributed by atoms with E-state index in [1.807, 2.05) is 19.9 Å². The molecule has 0 radical (unpaired) electrons. The van der Waals surface area contributed by atoms with Gasteiger partial charge in [-0.2, -0.15) is 0 Å². The molecule has 6 heteroatoms. The highest BCUT2D eigenvalue weighted by Gasteiger charge is 2.41. The van der Waals surface area contributed by atoms with E-state index in [4.69, 9.17) is 4.42 Å². The van der Waals surface area contributed by atoms with Crippen LogP contribution >= 0.6 is 0 Å². The minimum Gasteiger partial charge on any atom is -0.444 e. The number of rotatable bonds is 4. The van der Waals surface area contributed by atoms with E-state index >= 15 is 0 Å². The van der Waals surface area contributed by atoms with E-state index in [-0.39, 0.29) is 10.4 Å². The lowest BCUT2D eigenvalue weighted by molar-refractivity contribution is 0.557. The summed E-state index contributed by atoms with van der Waals surface area (Å²) in [6.45, 7) is 5.53. The van der Waals surface area contributed by atoms with Gasteiger partial charge in [-0.25, -0.2) is 18.1 Å². The molecule has 0 spiro atoms. The molecule has 3 rings (SSSR count). The lowest BCUT2D eigenvalue weighted by Gasteiger charge is -2.14. The zero-order valence-corrected chi connectivity index (χ0v) is 13.1. The van der Waals surface area contributed by atoms with E-state index in [1.54, 1.807) is 25.3 Å². The van der Waals surface area contributed by atoms with Gasteiger partial charge in [-0.3, -0.25) is 0 Å². The van der Waals surface area contributed by atoms with Gasteiger partial charge in [0.05, 0.1) is 10.6 Å². The molecule has 1 N–H and O–H groups in total. The fourth-order valence-corrected chi connectivity index (χ4v) is 3.92. The minimum absolute atomic E-state index is 0.281. The van der Waals surface area contributed by atoms with Crippen LogP contribution in [0.3, 0.4) is 0 Å². The number of aromatic nitrogens is 1. The molecule has 0 amide bonds. The van der Waals surface area contributed by atoms with Crippen molar-refractivity contribution in [2.75, 3.05) is 0 Å². The van der Waals surface area contributed by atoms with Crippen LogP contribution in [0.2, 0.25) is 0 Å². The van der Waals surface area contributed by atoms with Crippen LogP contribution in [0.1, 0.15) is 31.0 Å². The molecule has 2 aromatic rings. The second-order valence-electron chi connectivity index (χ2n) is 5.94. The van der Waals surface area contributed by atoms with Crippen molar-refractivity contribution in [3.8, 4) is 11.5 Å². The Bertz CT molecular complexity index is 789. The lowest BCUT2D eigenvalue weighted by Crippen LogP contribution is -2.34. The highest BCUT2D eigenvalue weighted by atomic mass is 32.2. The number of hydrogen-bond donors (Lipinski definition) is 1. The van der Waals surface area contributed by atoms with Gasteiger partial charge < -0.3 is 4.42 Å². The summed E-state index contributed by atoms with van der Waals surface area (Å²) in [5, 5.41) is 0. The Hall–Kier alpha value is -1.66. The normalized spacial score (nSPS) is 16.9. The van der Waals surface area contributed by atoms with Gasteiger partial charge in [0.1, 0.15) is 6.26 Å². The second kappa shape index (κ2) is 4.68. The van der Waals surface area contributed by atoms with Gasteiger partial charge in [0.15, 0.2) is 0 Å². The monoisotopic (exact) mass is 306 g/mol. The van der Waals surface area contributed by atoms with Crippen molar-refractivity contribution in [2.45, 2.75) is 44.0 Å². The summed E-state index contributed by atoms with van der Waals surface area (Å²) in [5.41, 5.74) is 1.84. The van der Waals surface area contributed by atoms with Crippen molar-refractivity contribution in [3.63, 3.8) is 0 Å². The third kappa shape index (κ3) is 2.87. The molecule has 0 unspecified atom stereocenters. The first-order valence-electron chi connectivity index (χ1n) is 6.86. The standard InChI is InChI=1S/C15H18N2O3S/c1-10-4-5-12(14-16-11(2)9-20-14)8-13(10)21(18,19)17-15(3)6-7-15/h4-5,8-9,17H,6-7H2,1-3H3. The zero-order valence-electron chi connectivity index (χ0n) is 12.3. The molecule has 1 aliphatic rings. The number of aryl methyl sites for hydroxylation is 2. The first kappa shape index (κ1) is 14.3. The van der Waals surface area contributed by atoms with E-state index in [0.717, 1.165) is 18.5 Å². The molecule has 1 fully saturated rings. The Labute approximate surface area is 124 Å². The maximum atomic E-state index is 12.5. The molecule has 1 aromatic heterocycles. The maximum absolute atomic E-state index is 12.5. The first-order chi connectivity index (χ1) is 9.79. The average molecular weight is 306 g/mol. The van der Waals surface area contributed by atoms with Crippen LogP contribution in [-0.4, -0.2) is 18.9 Å². The quantitative estimate of drug-likeness (QED) is 0.942. The Kier molecular flexibility index (Phi) is 3.18. The molecule has 112 valence electrons.